The molecule has 0 fully saturated rings. The molecule has 3 rings (SSSR count). The molecule has 0 heterocycles. The number of carbonyl (C=O) groups is 2. The average Bonchev–Trinajstić information content (AvgIpc) is 2.90. The molecule has 7 heteroatoms. The first kappa shape index (κ1) is 26.7. The van der Waals surface area contributed by atoms with Crippen LogP contribution < -0.4 is 4.74 Å². The van der Waals surface area contributed by atoms with Crippen LogP contribution in [0.1, 0.15) is 37.3 Å². The van der Waals surface area contributed by atoms with E-state index in [1.807, 2.05) is 68.4 Å². The number of hydrogen-bond acceptors (Lipinski definition) is 6. The molecule has 0 saturated carbocycles. The number of benzene rings is 3. The summed E-state index contributed by atoms with van der Waals surface area (Å²) >= 11 is 0. The highest BCUT2D eigenvalue weighted by Gasteiger charge is 2.18. The molecule has 3 aromatic rings. The Labute approximate surface area is 215 Å². The summed E-state index contributed by atoms with van der Waals surface area (Å²) in [5.74, 6) is 1.00. The van der Waals surface area contributed by atoms with Gasteiger partial charge in [-0.2, -0.15) is 0 Å². The lowest BCUT2D eigenvalue weighted by Gasteiger charge is -2.18. The molecule has 5 nitrogen and oxygen atoms in total. The van der Waals surface area contributed by atoms with E-state index in [4.69, 9.17) is 9.47 Å². The molecule has 0 spiro atoms. The molecule has 0 aliphatic rings. The maximum Gasteiger partial charge on any atom is 0.313 e. The quantitative estimate of drug-likeness (QED) is 0.152. The van der Waals surface area contributed by atoms with Gasteiger partial charge in [-0.25, -0.2) is 0 Å². The first-order valence-corrected chi connectivity index (χ1v) is 13.7. The predicted octanol–water partition coefficient (Wildman–Crippen LogP) is 6.79. The van der Waals surface area contributed by atoms with Gasteiger partial charge >= 0.3 is 5.97 Å². The van der Waals surface area contributed by atoms with Crippen LogP contribution in [0, 0.1) is 0 Å². The summed E-state index contributed by atoms with van der Waals surface area (Å²) in [6.07, 6.45) is 1.34. The summed E-state index contributed by atoms with van der Waals surface area (Å²) in [5, 5.41) is 2.11. The van der Waals surface area contributed by atoms with E-state index in [0.717, 1.165) is 44.9 Å². The third-order valence-corrected chi connectivity index (χ3v) is 8.40. The second kappa shape index (κ2) is 13.3. The largest absolute Gasteiger partial charge is 0.497 e. The van der Waals surface area contributed by atoms with Gasteiger partial charge in [-0.3, -0.25) is 9.59 Å². The third kappa shape index (κ3) is 7.54. The number of nitrogens with zero attached hydrogens (tertiary/aromatic N) is 1. The lowest BCUT2D eigenvalue weighted by Crippen LogP contribution is -2.16. The minimum atomic E-state index is -0.382. The fourth-order valence-electron chi connectivity index (χ4n) is 3.45. The summed E-state index contributed by atoms with van der Waals surface area (Å²) in [6.45, 7) is 4.03. The van der Waals surface area contributed by atoms with Crippen molar-refractivity contribution in [3.63, 3.8) is 0 Å². The molecule has 3 aromatic carbocycles. The lowest BCUT2D eigenvalue weighted by atomic mass is 9.98. The second-order valence-electron chi connectivity index (χ2n) is 8.17. The normalized spacial score (nSPS) is 12.6. The summed E-state index contributed by atoms with van der Waals surface area (Å²) in [7, 11) is 6.70. The van der Waals surface area contributed by atoms with Crippen molar-refractivity contribution in [2.45, 2.75) is 31.9 Å². The van der Waals surface area contributed by atoms with E-state index < -0.39 is 0 Å². The van der Waals surface area contributed by atoms with Crippen LogP contribution in [0.2, 0.25) is 0 Å². The van der Waals surface area contributed by atoms with Gasteiger partial charge in [0.25, 0.3) is 0 Å². The number of carbonyl (C=O) groups excluding carboxylic acids is 2. The van der Waals surface area contributed by atoms with E-state index >= 15 is 0 Å². The Hall–Kier alpha value is -2.90. The Morgan fingerprint density at radius 1 is 1.06 bits per heavy atom. The Morgan fingerprint density at radius 3 is 2.49 bits per heavy atom. The van der Waals surface area contributed by atoms with Crippen LogP contribution in [-0.2, 0) is 20.1 Å². The first-order valence-electron chi connectivity index (χ1n) is 11.4. The lowest BCUT2D eigenvalue weighted by molar-refractivity contribution is -0.144. The zero-order valence-electron chi connectivity index (χ0n) is 20.5. The van der Waals surface area contributed by atoms with Crippen molar-refractivity contribution in [3.8, 4) is 5.75 Å². The fourth-order valence-corrected chi connectivity index (χ4v) is 6.03. The van der Waals surface area contributed by atoms with E-state index in [2.05, 4.69) is 12.1 Å². The summed E-state index contributed by atoms with van der Waals surface area (Å²) in [5.41, 5.74) is 3.01. The molecule has 0 radical (unpaired) electrons. The molecular weight excluding hydrogens is 478 g/mol. The van der Waals surface area contributed by atoms with E-state index in [1.165, 1.54) is 5.56 Å². The molecule has 35 heavy (non-hydrogen) atoms. The predicted molar refractivity (Wildman–Crippen MR) is 146 cm³/mol. The van der Waals surface area contributed by atoms with Crippen LogP contribution >= 0.6 is 21.6 Å². The molecule has 0 aliphatic heterocycles. The highest BCUT2D eigenvalue weighted by Crippen LogP contribution is 2.37. The molecule has 0 aromatic heterocycles. The number of ether oxygens (including phenoxy) is 2. The van der Waals surface area contributed by atoms with Crippen molar-refractivity contribution in [3.05, 3.63) is 88.5 Å². The third-order valence-electron chi connectivity index (χ3n) is 5.82. The van der Waals surface area contributed by atoms with Crippen LogP contribution in [-0.4, -0.2) is 38.0 Å². The van der Waals surface area contributed by atoms with Crippen LogP contribution in [0.4, 0.5) is 0 Å². The smallest absolute Gasteiger partial charge is 0.313 e. The average molecular weight is 510 g/mol. The van der Waals surface area contributed by atoms with Crippen molar-refractivity contribution in [2.75, 3.05) is 20.8 Å². The topological polar surface area (TPSA) is 55.8 Å². The van der Waals surface area contributed by atoms with Gasteiger partial charge in [-0.1, -0.05) is 76.2 Å². The van der Waals surface area contributed by atoms with E-state index in [0.29, 0.717) is 6.42 Å². The Bertz CT molecular complexity index is 1180. The van der Waals surface area contributed by atoms with Crippen molar-refractivity contribution in [1.29, 1.82) is 0 Å². The number of rotatable bonds is 12. The van der Waals surface area contributed by atoms with Crippen LogP contribution in [0.15, 0.2) is 77.3 Å². The summed E-state index contributed by atoms with van der Waals surface area (Å²) in [6, 6.07) is 22.1. The highest BCUT2D eigenvalue weighted by atomic mass is 33.1. The maximum absolute atomic E-state index is 12.8. The molecular formula is C28H31NO4S2. The summed E-state index contributed by atoms with van der Waals surface area (Å²) in [4.78, 5) is 26.6. The van der Waals surface area contributed by atoms with Gasteiger partial charge < -0.3 is 14.4 Å². The van der Waals surface area contributed by atoms with Gasteiger partial charge in [0.05, 0.1) is 19.6 Å². The Kier molecular flexibility index (Phi) is 10.1. The zero-order valence-corrected chi connectivity index (χ0v) is 22.2. The molecule has 184 valence electrons. The van der Waals surface area contributed by atoms with Gasteiger partial charge in [0.1, 0.15) is 5.75 Å². The zero-order chi connectivity index (χ0) is 25.2. The minimum Gasteiger partial charge on any atom is -0.497 e. The number of allylic oxidation sites excluding steroid dienone is 1. The minimum absolute atomic E-state index is 0.256. The molecule has 0 saturated heterocycles. The van der Waals surface area contributed by atoms with Crippen molar-refractivity contribution in [2.24, 2.45) is 0 Å². The van der Waals surface area contributed by atoms with Crippen molar-refractivity contribution >= 4 is 44.7 Å². The number of amides is 1. The Morgan fingerprint density at radius 2 is 1.77 bits per heavy atom. The van der Waals surface area contributed by atoms with Crippen LogP contribution in [0.3, 0.4) is 0 Å². The van der Waals surface area contributed by atoms with Crippen molar-refractivity contribution in [1.82, 2.24) is 4.90 Å². The van der Waals surface area contributed by atoms with Gasteiger partial charge in [-0.15, -0.1) is 0 Å². The molecule has 1 amide bonds. The standard InChI is InChI=1S/C28H31NO4S2/c1-20(23-10-11-25-17-26(32-4)13-12-24(25)16-23)28(31)33-15-14-27(21(2)29(3)19-30)35-34-18-22-8-6-5-7-9-22/h5-13,16-17,19-20H,14-15,18H2,1-4H3/b27-21-/t20-/m0/s1. The molecule has 0 bridgehead atoms. The molecule has 0 aliphatic carbocycles. The maximum atomic E-state index is 12.8. The number of hydrogen-bond donors (Lipinski definition) is 0. The van der Waals surface area contributed by atoms with Gasteiger partial charge in [0.2, 0.25) is 6.41 Å². The van der Waals surface area contributed by atoms with Crippen LogP contribution in [0.25, 0.3) is 10.8 Å². The monoisotopic (exact) mass is 509 g/mol. The van der Waals surface area contributed by atoms with Gasteiger partial charge in [0, 0.05) is 29.8 Å². The Balaban J connectivity index is 1.59. The highest BCUT2D eigenvalue weighted by molar-refractivity contribution is 8.77. The number of fused-ring (bicyclic) bond motifs is 1. The number of esters is 1. The van der Waals surface area contributed by atoms with Crippen LogP contribution in [0.5, 0.6) is 5.75 Å². The van der Waals surface area contributed by atoms with Gasteiger partial charge in [0.15, 0.2) is 0 Å². The van der Waals surface area contributed by atoms with E-state index in [-0.39, 0.29) is 18.5 Å². The second-order valence-corrected chi connectivity index (χ2v) is 10.6. The molecule has 1 atom stereocenters. The number of methoxy groups -OCH3 is 1. The molecule has 0 N–H and O–H groups in total. The van der Waals surface area contributed by atoms with E-state index in [1.54, 1.807) is 40.6 Å². The van der Waals surface area contributed by atoms with E-state index in [9.17, 15) is 9.59 Å². The summed E-state index contributed by atoms with van der Waals surface area (Å²) < 4.78 is 10.9. The fraction of sp³-hybridized carbons (Fsp3) is 0.286. The first-order chi connectivity index (χ1) is 16.9. The van der Waals surface area contributed by atoms with Gasteiger partial charge in [-0.05, 0) is 47.9 Å². The SMILES string of the molecule is COc1ccc2cc([C@H](C)C(=O)OCC/C(SSCc3ccccc3)=C(\C)N(C)C=O)ccc2c1. The molecule has 0 unspecified atom stereocenters. The van der Waals surface area contributed by atoms with Crippen molar-refractivity contribution < 1.29 is 19.1 Å².